The molecule has 1 aliphatic heterocycles. The van der Waals surface area contributed by atoms with Gasteiger partial charge in [0.25, 0.3) is 0 Å². The van der Waals surface area contributed by atoms with Crippen LogP contribution in [0.25, 0.3) is 0 Å². The molecule has 0 unspecified atom stereocenters. The van der Waals surface area contributed by atoms with E-state index in [2.05, 4.69) is 20.9 Å². The van der Waals surface area contributed by atoms with Crippen molar-refractivity contribution in [2.75, 3.05) is 37.0 Å². The molecule has 2 heterocycles. The number of anilines is 2. The molecule has 0 bridgehead atoms. The molecule has 212 valence electrons. The first-order chi connectivity index (χ1) is 19.3. The maximum atomic E-state index is 14.8. The number of aromatic nitrogens is 1. The van der Waals surface area contributed by atoms with Crippen LogP contribution in [0, 0.1) is 17.5 Å². The number of hydrogen-bond donors (Lipinski definition) is 4. The lowest BCUT2D eigenvalue weighted by molar-refractivity contribution is -0.116. The van der Waals surface area contributed by atoms with Crippen molar-refractivity contribution in [2.45, 2.75) is 24.6 Å². The Kier molecular flexibility index (Phi) is 9.76. The molecule has 1 fully saturated rings. The summed E-state index contributed by atoms with van der Waals surface area (Å²) in [5, 5.41) is 8.81. The van der Waals surface area contributed by atoms with Gasteiger partial charge >= 0.3 is 6.09 Å². The minimum absolute atomic E-state index is 0.0313. The molecular formula is C27H28F3N5O5. The van der Waals surface area contributed by atoms with Gasteiger partial charge in [0.15, 0.2) is 11.6 Å². The predicted molar refractivity (Wildman–Crippen MR) is 139 cm³/mol. The molecule has 1 saturated heterocycles. The number of amides is 2. The molecule has 10 nitrogen and oxygen atoms in total. The number of morpholine rings is 1. The number of halogens is 3. The highest BCUT2D eigenvalue weighted by atomic mass is 19.1. The van der Waals surface area contributed by atoms with E-state index in [-0.39, 0.29) is 43.7 Å². The van der Waals surface area contributed by atoms with Crippen LogP contribution in [0.4, 0.5) is 29.3 Å². The highest BCUT2D eigenvalue weighted by molar-refractivity contribution is 5.97. The van der Waals surface area contributed by atoms with E-state index in [9.17, 15) is 22.8 Å². The Morgan fingerprint density at radius 2 is 1.75 bits per heavy atom. The van der Waals surface area contributed by atoms with E-state index in [0.717, 1.165) is 6.20 Å². The quantitative estimate of drug-likeness (QED) is 0.282. The van der Waals surface area contributed by atoms with Crippen LogP contribution in [0.3, 0.4) is 0 Å². The predicted octanol–water partition coefficient (Wildman–Crippen LogP) is 2.99. The first kappa shape index (κ1) is 28.6. The van der Waals surface area contributed by atoms with E-state index in [4.69, 9.17) is 19.9 Å². The Balaban J connectivity index is 1.45. The largest absolute Gasteiger partial charge is 0.485 e. The van der Waals surface area contributed by atoms with Crippen LogP contribution in [-0.4, -0.2) is 61.5 Å². The average molecular weight is 560 g/mol. The summed E-state index contributed by atoms with van der Waals surface area (Å²) in [4.78, 5) is 27.9. The van der Waals surface area contributed by atoms with E-state index >= 15 is 0 Å². The lowest BCUT2D eigenvalue weighted by Crippen LogP contribution is -2.50. The summed E-state index contributed by atoms with van der Waals surface area (Å²) in [7, 11) is 0. The lowest BCUT2D eigenvalue weighted by Gasteiger charge is -2.30. The first-order valence-corrected chi connectivity index (χ1v) is 12.4. The van der Waals surface area contributed by atoms with Crippen LogP contribution >= 0.6 is 0 Å². The van der Waals surface area contributed by atoms with Crippen molar-refractivity contribution in [3.8, 4) is 5.75 Å². The summed E-state index contributed by atoms with van der Waals surface area (Å²) in [5.41, 5.74) is 6.07. The molecule has 0 aliphatic carbocycles. The standard InChI is InChI=1S/C27H28F3N5O5/c28-17-3-1-16(2-4-17)9-23(26(36)34-19-7-5-18(29)6-8-19)35-24-12-32-11-22(30)25(24)39-15-21-10-33-20(13-38-21)14-40-27(31)37/h1-8,11-12,20-21,23,33,35H,9-10,13-15H2,(H2,31,37)(H,34,36)/t20-,21-,23-/m0/s1. The number of nitrogens with two attached hydrogens (primary N) is 1. The van der Waals surface area contributed by atoms with Gasteiger partial charge in [-0.3, -0.25) is 9.78 Å². The molecule has 1 aliphatic rings. The minimum Gasteiger partial charge on any atom is -0.485 e. The van der Waals surface area contributed by atoms with Crippen LogP contribution in [0.1, 0.15) is 5.56 Å². The number of nitrogens with one attached hydrogen (secondary N) is 3. The molecule has 0 radical (unpaired) electrons. The molecule has 3 aromatic rings. The molecule has 0 spiro atoms. The molecule has 40 heavy (non-hydrogen) atoms. The summed E-state index contributed by atoms with van der Waals surface area (Å²) in [6.07, 6.45) is 1.07. The van der Waals surface area contributed by atoms with Crippen LogP contribution < -0.4 is 26.4 Å². The maximum absolute atomic E-state index is 14.8. The zero-order chi connectivity index (χ0) is 28.5. The number of ether oxygens (including phenoxy) is 3. The highest BCUT2D eigenvalue weighted by Crippen LogP contribution is 2.28. The fraction of sp³-hybridized carbons (Fsp3) is 0.296. The third-order valence-electron chi connectivity index (χ3n) is 5.97. The summed E-state index contributed by atoms with van der Waals surface area (Å²) in [6, 6.07) is 9.61. The number of benzene rings is 2. The third kappa shape index (κ3) is 8.32. The second-order valence-corrected chi connectivity index (χ2v) is 9.02. The second kappa shape index (κ2) is 13.6. The zero-order valence-electron chi connectivity index (χ0n) is 21.2. The molecule has 4 rings (SSSR count). The van der Waals surface area contributed by atoms with Gasteiger partial charge in [-0.1, -0.05) is 12.1 Å². The normalized spacial score (nSPS) is 17.5. The molecule has 2 aromatic carbocycles. The van der Waals surface area contributed by atoms with Crippen molar-refractivity contribution in [2.24, 2.45) is 5.73 Å². The zero-order valence-corrected chi connectivity index (χ0v) is 21.2. The highest BCUT2D eigenvalue weighted by Gasteiger charge is 2.25. The molecular weight excluding hydrogens is 531 g/mol. The monoisotopic (exact) mass is 559 g/mol. The van der Waals surface area contributed by atoms with E-state index < -0.39 is 41.6 Å². The Hall–Kier alpha value is -4.36. The second-order valence-electron chi connectivity index (χ2n) is 9.02. The number of hydrogen-bond acceptors (Lipinski definition) is 8. The van der Waals surface area contributed by atoms with E-state index in [0.29, 0.717) is 17.8 Å². The topological polar surface area (TPSA) is 137 Å². The molecule has 0 saturated carbocycles. The Morgan fingerprint density at radius 3 is 2.40 bits per heavy atom. The van der Waals surface area contributed by atoms with Crippen molar-refractivity contribution in [1.82, 2.24) is 10.3 Å². The van der Waals surface area contributed by atoms with Crippen molar-refractivity contribution in [1.29, 1.82) is 0 Å². The summed E-state index contributed by atoms with van der Waals surface area (Å²) in [5.74, 6) is -2.33. The van der Waals surface area contributed by atoms with E-state index in [1.807, 2.05) is 0 Å². The fourth-order valence-corrected chi connectivity index (χ4v) is 3.93. The fourth-order valence-electron chi connectivity index (χ4n) is 3.93. The SMILES string of the molecule is NC(=O)OC[C@@H]1CO[C@H](COc2c(F)cncc2N[C@@H](Cc2ccc(F)cc2)C(=O)Nc2ccc(F)cc2)CN1. The molecule has 13 heteroatoms. The van der Waals surface area contributed by atoms with Gasteiger partial charge in [0, 0.05) is 18.7 Å². The van der Waals surface area contributed by atoms with Gasteiger partial charge in [-0.25, -0.2) is 18.0 Å². The number of carbonyl (C=O) groups excluding carboxylic acids is 2. The van der Waals surface area contributed by atoms with Gasteiger partial charge < -0.3 is 35.9 Å². The summed E-state index contributed by atoms with van der Waals surface area (Å²) >= 11 is 0. The van der Waals surface area contributed by atoms with Crippen molar-refractivity contribution < 1.29 is 37.0 Å². The van der Waals surface area contributed by atoms with Gasteiger partial charge in [-0.2, -0.15) is 0 Å². The van der Waals surface area contributed by atoms with Crippen LogP contribution in [0.5, 0.6) is 5.75 Å². The molecule has 1 aromatic heterocycles. The molecule has 3 atom stereocenters. The number of primary amides is 1. The Morgan fingerprint density at radius 1 is 1.05 bits per heavy atom. The molecule has 2 amide bonds. The Bertz CT molecular complexity index is 1290. The number of carbonyl (C=O) groups is 2. The van der Waals surface area contributed by atoms with Crippen molar-refractivity contribution in [3.63, 3.8) is 0 Å². The van der Waals surface area contributed by atoms with Gasteiger partial charge in [0.05, 0.1) is 30.7 Å². The summed E-state index contributed by atoms with van der Waals surface area (Å²) < 4.78 is 57.8. The number of nitrogens with zero attached hydrogens (tertiary/aromatic N) is 1. The van der Waals surface area contributed by atoms with E-state index in [1.54, 1.807) is 0 Å². The van der Waals surface area contributed by atoms with Crippen molar-refractivity contribution >= 4 is 23.4 Å². The van der Waals surface area contributed by atoms with Crippen LogP contribution in [0.15, 0.2) is 60.9 Å². The lowest BCUT2D eigenvalue weighted by atomic mass is 10.0. The average Bonchev–Trinajstić information content (AvgIpc) is 2.94. The third-order valence-corrected chi connectivity index (χ3v) is 5.97. The first-order valence-electron chi connectivity index (χ1n) is 12.4. The molecule has 5 N–H and O–H groups in total. The van der Waals surface area contributed by atoms with Crippen LogP contribution in [-0.2, 0) is 20.7 Å². The number of pyridine rings is 1. The van der Waals surface area contributed by atoms with Gasteiger partial charge in [-0.05, 0) is 42.0 Å². The van der Waals surface area contributed by atoms with Crippen molar-refractivity contribution in [3.05, 3.63) is 83.9 Å². The van der Waals surface area contributed by atoms with Gasteiger partial charge in [0.1, 0.15) is 37.0 Å². The Labute approximate surface area is 228 Å². The maximum Gasteiger partial charge on any atom is 0.404 e. The van der Waals surface area contributed by atoms with Gasteiger partial charge in [-0.15, -0.1) is 0 Å². The minimum atomic E-state index is -0.972. The van der Waals surface area contributed by atoms with E-state index in [1.165, 1.54) is 54.7 Å². The number of rotatable bonds is 11. The van der Waals surface area contributed by atoms with Crippen LogP contribution in [0.2, 0.25) is 0 Å². The summed E-state index contributed by atoms with van der Waals surface area (Å²) in [6.45, 7) is 0.575. The smallest absolute Gasteiger partial charge is 0.404 e. The van der Waals surface area contributed by atoms with Gasteiger partial charge in [0.2, 0.25) is 5.91 Å².